The lowest BCUT2D eigenvalue weighted by Gasteiger charge is -2.04. The third-order valence-electron chi connectivity index (χ3n) is 2.85. The van der Waals surface area contributed by atoms with Crippen LogP contribution >= 0.6 is 0 Å². The molecule has 1 aromatic carbocycles. The number of hydrogen-bond acceptors (Lipinski definition) is 4. The molecule has 3 rings (SSSR count). The fraction of sp³-hybridized carbons (Fsp3) is 0.0769. The largest absolute Gasteiger partial charge is 0.369 e. The van der Waals surface area contributed by atoms with Gasteiger partial charge in [0.15, 0.2) is 0 Å². The maximum atomic E-state index is 5.77. The van der Waals surface area contributed by atoms with Crippen LogP contribution < -0.4 is 11.1 Å². The van der Waals surface area contributed by atoms with E-state index in [2.05, 4.69) is 15.3 Å². The van der Waals surface area contributed by atoms with Gasteiger partial charge in [-0.3, -0.25) is 0 Å². The van der Waals surface area contributed by atoms with E-state index in [1.165, 1.54) is 0 Å². The topological polar surface area (TPSA) is 68.8 Å². The molecule has 0 saturated carbocycles. The fourth-order valence-corrected chi connectivity index (χ4v) is 1.88. The van der Waals surface area contributed by atoms with Crippen molar-refractivity contribution >= 4 is 28.5 Å². The van der Waals surface area contributed by atoms with Gasteiger partial charge in [-0.1, -0.05) is 6.07 Å². The normalized spacial score (nSPS) is 10.7. The van der Waals surface area contributed by atoms with E-state index >= 15 is 0 Å². The summed E-state index contributed by atoms with van der Waals surface area (Å²) in [6, 6.07) is 11.7. The Balaban J connectivity index is 1.99. The molecule has 0 unspecified atom stereocenters. The summed E-state index contributed by atoms with van der Waals surface area (Å²) >= 11 is 0. The predicted octanol–water partition coefficient (Wildman–Crippen LogP) is 2.29. The number of anilines is 3. The molecule has 2 heterocycles. The van der Waals surface area contributed by atoms with E-state index in [0.717, 1.165) is 22.5 Å². The third kappa shape index (κ3) is 1.75. The molecule has 0 bridgehead atoms. The van der Waals surface area contributed by atoms with Gasteiger partial charge in [-0.2, -0.15) is 0 Å². The Morgan fingerprint density at radius 1 is 1.22 bits per heavy atom. The first kappa shape index (κ1) is 10.6. The second-order valence-corrected chi connectivity index (χ2v) is 4.07. The van der Waals surface area contributed by atoms with E-state index in [0.29, 0.717) is 5.95 Å². The van der Waals surface area contributed by atoms with Crippen molar-refractivity contribution in [1.29, 1.82) is 0 Å². The van der Waals surface area contributed by atoms with Crippen LogP contribution in [0.5, 0.6) is 0 Å². The fourth-order valence-electron chi connectivity index (χ4n) is 1.88. The zero-order chi connectivity index (χ0) is 12.5. The number of pyridine rings is 1. The van der Waals surface area contributed by atoms with E-state index in [1.54, 1.807) is 6.20 Å². The molecule has 0 amide bonds. The van der Waals surface area contributed by atoms with E-state index in [9.17, 15) is 0 Å². The van der Waals surface area contributed by atoms with E-state index < -0.39 is 0 Å². The van der Waals surface area contributed by atoms with Crippen molar-refractivity contribution in [2.24, 2.45) is 7.05 Å². The molecule has 3 N–H and O–H groups in total. The molecular weight excluding hydrogens is 226 g/mol. The van der Waals surface area contributed by atoms with Gasteiger partial charge in [-0.15, -0.1) is 0 Å². The zero-order valence-electron chi connectivity index (χ0n) is 9.96. The summed E-state index contributed by atoms with van der Waals surface area (Å²) in [5, 5.41) is 3.22. The number of benzene rings is 1. The van der Waals surface area contributed by atoms with Crippen LogP contribution in [-0.4, -0.2) is 14.5 Å². The monoisotopic (exact) mass is 239 g/mol. The summed E-state index contributed by atoms with van der Waals surface area (Å²) in [6.07, 6.45) is 1.75. The molecule has 0 atom stereocenters. The van der Waals surface area contributed by atoms with E-state index in [4.69, 9.17) is 5.73 Å². The van der Waals surface area contributed by atoms with Gasteiger partial charge in [0.25, 0.3) is 0 Å². The minimum atomic E-state index is 0.514. The van der Waals surface area contributed by atoms with Crippen molar-refractivity contribution in [3.8, 4) is 0 Å². The minimum absolute atomic E-state index is 0.514. The summed E-state index contributed by atoms with van der Waals surface area (Å²) < 4.78 is 1.86. The van der Waals surface area contributed by atoms with Crippen LogP contribution in [0.2, 0.25) is 0 Å². The Kier molecular flexibility index (Phi) is 2.37. The summed E-state index contributed by atoms with van der Waals surface area (Å²) in [5.41, 5.74) is 8.60. The Bertz CT molecular complexity index is 687. The first-order valence-corrected chi connectivity index (χ1v) is 5.64. The molecule has 5 nitrogen and oxygen atoms in total. The Hall–Kier alpha value is -2.56. The highest BCUT2D eigenvalue weighted by molar-refractivity contribution is 5.82. The van der Waals surface area contributed by atoms with E-state index in [-0.39, 0.29) is 0 Å². The lowest BCUT2D eigenvalue weighted by atomic mass is 10.2. The SMILES string of the molecule is Cn1c(N)nc2cc(Nc3ccccn3)ccc21. The highest BCUT2D eigenvalue weighted by atomic mass is 15.1. The molecule has 0 aliphatic heterocycles. The van der Waals surface area contributed by atoms with Crippen LogP contribution in [0.3, 0.4) is 0 Å². The molecule has 18 heavy (non-hydrogen) atoms. The Morgan fingerprint density at radius 3 is 2.89 bits per heavy atom. The molecule has 5 heteroatoms. The van der Waals surface area contributed by atoms with Crippen LogP contribution in [0.4, 0.5) is 17.5 Å². The number of aromatic nitrogens is 3. The average Bonchev–Trinajstić information content (AvgIpc) is 2.66. The number of fused-ring (bicyclic) bond motifs is 1. The number of nitrogens with zero attached hydrogens (tertiary/aromatic N) is 3. The number of aryl methyl sites for hydroxylation is 1. The van der Waals surface area contributed by atoms with Crippen molar-refractivity contribution in [3.05, 3.63) is 42.6 Å². The molecule has 0 fully saturated rings. The van der Waals surface area contributed by atoms with Crippen molar-refractivity contribution in [1.82, 2.24) is 14.5 Å². The van der Waals surface area contributed by atoms with Gasteiger partial charge in [0, 0.05) is 18.9 Å². The number of rotatable bonds is 2. The van der Waals surface area contributed by atoms with Crippen molar-refractivity contribution in [2.45, 2.75) is 0 Å². The molecule has 0 aliphatic carbocycles. The first-order valence-electron chi connectivity index (χ1n) is 5.64. The van der Waals surface area contributed by atoms with Crippen molar-refractivity contribution in [3.63, 3.8) is 0 Å². The van der Waals surface area contributed by atoms with Crippen LogP contribution in [0, 0.1) is 0 Å². The summed E-state index contributed by atoms with van der Waals surface area (Å²) in [5.74, 6) is 1.32. The highest BCUT2D eigenvalue weighted by Gasteiger charge is 2.05. The Morgan fingerprint density at radius 2 is 2.11 bits per heavy atom. The second kappa shape index (κ2) is 4.03. The smallest absolute Gasteiger partial charge is 0.200 e. The molecule has 2 aromatic heterocycles. The van der Waals surface area contributed by atoms with Gasteiger partial charge >= 0.3 is 0 Å². The molecule has 0 saturated heterocycles. The van der Waals surface area contributed by atoms with Crippen molar-refractivity contribution < 1.29 is 0 Å². The molecule has 0 radical (unpaired) electrons. The van der Waals surface area contributed by atoms with Crippen LogP contribution in [0.15, 0.2) is 42.6 Å². The maximum absolute atomic E-state index is 5.77. The standard InChI is InChI=1S/C13H13N5/c1-18-11-6-5-9(8-10(11)17-13(18)14)16-12-4-2-3-7-15-12/h2-8H,1H3,(H2,14,17)(H,15,16). The van der Waals surface area contributed by atoms with Crippen LogP contribution in [-0.2, 0) is 7.05 Å². The minimum Gasteiger partial charge on any atom is -0.369 e. The average molecular weight is 239 g/mol. The Labute approximate surface area is 104 Å². The van der Waals surface area contributed by atoms with Gasteiger partial charge in [-0.25, -0.2) is 9.97 Å². The van der Waals surface area contributed by atoms with Gasteiger partial charge in [-0.05, 0) is 30.3 Å². The second-order valence-electron chi connectivity index (χ2n) is 4.07. The maximum Gasteiger partial charge on any atom is 0.200 e. The predicted molar refractivity (Wildman–Crippen MR) is 72.6 cm³/mol. The van der Waals surface area contributed by atoms with Gasteiger partial charge in [0.2, 0.25) is 5.95 Å². The molecule has 0 spiro atoms. The molecular formula is C13H13N5. The lowest BCUT2D eigenvalue weighted by Crippen LogP contribution is -1.96. The number of nitrogens with one attached hydrogen (secondary N) is 1. The summed E-state index contributed by atoms with van der Waals surface area (Å²) in [7, 11) is 1.90. The molecule has 0 aliphatic rings. The van der Waals surface area contributed by atoms with Gasteiger partial charge in [0.1, 0.15) is 5.82 Å². The first-order chi connectivity index (χ1) is 8.74. The quantitative estimate of drug-likeness (QED) is 0.720. The molecule has 90 valence electrons. The van der Waals surface area contributed by atoms with E-state index in [1.807, 2.05) is 48.0 Å². The zero-order valence-corrected chi connectivity index (χ0v) is 9.96. The lowest BCUT2D eigenvalue weighted by molar-refractivity contribution is 0.965. The molecule has 3 aromatic rings. The summed E-state index contributed by atoms with van der Waals surface area (Å²) in [6.45, 7) is 0. The highest BCUT2D eigenvalue weighted by Crippen LogP contribution is 2.22. The van der Waals surface area contributed by atoms with Crippen LogP contribution in [0.1, 0.15) is 0 Å². The van der Waals surface area contributed by atoms with Crippen LogP contribution in [0.25, 0.3) is 11.0 Å². The van der Waals surface area contributed by atoms with Gasteiger partial charge < -0.3 is 15.6 Å². The third-order valence-corrected chi connectivity index (χ3v) is 2.85. The number of imidazole rings is 1. The number of nitrogens with two attached hydrogens (primary N) is 1. The number of nitrogen functional groups attached to an aromatic ring is 1. The van der Waals surface area contributed by atoms with Gasteiger partial charge in [0.05, 0.1) is 11.0 Å². The summed E-state index contributed by atoms with van der Waals surface area (Å²) in [4.78, 5) is 8.51. The van der Waals surface area contributed by atoms with Crippen molar-refractivity contribution in [2.75, 3.05) is 11.1 Å². The number of hydrogen-bond donors (Lipinski definition) is 2.